The van der Waals surface area contributed by atoms with Gasteiger partial charge in [0.1, 0.15) is 12.3 Å². The van der Waals surface area contributed by atoms with Gasteiger partial charge in [-0.1, -0.05) is 0 Å². The molecule has 0 saturated heterocycles. The molecule has 0 heterocycles. The zero-order chi connectivity index (χ0) is 21.4. The van der Waals surface area contributed by atoms with Crippen molar-refractivity contribution < 1.29 is 27.8 Å². The van der Waals surface area contributed by atoms with Crippen LogP contribution in [0.25, 0.3) is 0 Å². The Hall–Kier alpha value is -3.27. The molecule has 2 N–H and O–H groups in total. The second-order valence-electron chi connectivity index (χ2n) is 5.92. The number of ether oxygens (including phenoxy) is 2. The Kier molecular flexibility index (Phi) is 7.43. The Morgan fingerprint density at radius 2 is 1.93 bits per heavy atom. The van der Waals surface area contributed by atoms with E-state index in [9.17, 15) is 18.3 Å². The van der Waals surface area contributed by atoms with Gasteiger partial charge in [0.25, 0.3) is 5.91 Å². The molecule has 0 aliphatic rings. The molecule has 0 radical (unpaired) electrons. The molecule has 0 fully saturated rings. The van der Waals surface area contributed by atoms with Crippen molar-refractivity contribution in [1.29, 1.82) is 0 Å². The number of rotatable bonds is 9. The summed E-state index contributed by atoms with van der Waals surface area (Å²) in [5, 5.41) is 13.5. The Labute approximate surface area is 169 Å². The lowest BCUT2D eigenvalue weighted by Gasteiger charge is -2.21. The van der Waals surface area contributed by atoms with Crippen LogP contribution in [0, 0.1) is 0 Å². The number of phenols is 1. The van der Waals surface area contributed by atoms with Gasteiger partial charge in [-0.3, -0.25) is 9.10 Å². The number of hydrazone groups is 1. The zero-order valence-corrected chi connectivity index (χ0v) is 17.1. The molecule has 0 aliphatic heterocycles. The lowest BCUT2D eigenvalue weighted by atomic mass is 10.2. The van der Waals surface area contributed by atoms with Crippen molar-refractivity contribution in [3.63, 3.8) is 0 Å². The molecule has 10 heteroatoms. The van der Waals surface area contributed by atoms with Crippen LogP contribution in [-0.4, -0.2) is 52.2 Å². The fourth-order valence-corrected chi connectivity index (χ4v) is 3.23. The number of benzene rings is 2. The highest BCUT2D eigenvalue weighted by atomic mass is 32.2. The second kappa shape index (κ2) is 9.78. The van der Waals surface area contributed by atoms with Crippen LogP contribution in [0.15, 0.2) is 47.6 Å². The maximum Gasteiger partial charge on any atom is 0.260 e. The Balaban J connectivity index is 2.06. The molecule has 0 saturated carbocycles. The van der Waals surface area contributed by atoms with E-state index in [2.05, 4.69) is 10.5 Å². The quantitative estimate of drug-likeness (QED) is 0.470. The van der Waals surface area contributed by atoms with Gasteiger partial charge in [0.2, 0.25) is 10.0 Å². The lowest BCUT2D eigenvalue weighted by Crippen LogP contribution is -2.39. The first-order chi connectivity index (χ1) is 13.7. The summed E-state index contributed by atoms with van der Waals surface area (Å²) < 4.78 is 35.5. The topological polar surface area (TPSA) is 118 Å². The van der Waals surface area contributed by atoms with Crippen molar-refractivity contribution in [1.82, 2.24) is 5.43 Å². The molecule has 0 atom stereocenters. The minimum Gasteiger partial charge on any atom is -0.504 e. The van der Waals surface area contributed by atoms with Gasteiger partial charge in [-0.25, -0.2) is 13.8 Å². The van der Waals surface area contributed by atoms with E-state index in [4.69, 9.17) is 9.47 Å². The van der Waals surface area contributed by atoms with Crippen molar-refractivity contribution in [2.45, 2.75) is 6.92 Å². The number of anilines is 1. The molecule has 156 valence electrons. The third-order valence-corrected chi connectivity index (χ3v) is 4.88. The first-order valence-corrected chi connectivity index (χ1v) is 10.5. The highest BCUT2D eigenvalue weighted by Crippen LogP contribution is 2.26. The minimum atomic E-state index is -3.69. The molecule has 29 heavy (non-hydrogen) atoms. The molecular formula is C19H23N3O6S. The standard InChI is InChI=1S/C19H23N3O6S/c1-4-28-18-11-14(5-10-17(18)23)12-20-21-19(24)13-22(29(3,25)26)15-6-8-16(27-2)9-7-15/h5-12,23H,4,13H2,1-3H3,(H,21,24)/b20-12-. The second-order valence-corrected chi connectivity index (χ2v) is 7.83. The highest BCUT2D eigenvalue weighted by molar-refractivity contribution is 7.92. The number of sulfonamides is 1. The van der Waals surface area contributed by atoms with Crippen molar-refractivity contribution >= 4 is 27.8 Å². The predicted octanol–water partition coefficient (Wildman–Crippen LogP) is 1.72. The van der Waals surface area contributed by atoms with Gasteiger partial charge in [0.15, 0.2) is 11.5 Å². The molecule has 0 bridgehead atoms. The van der Waals surface area contributed by atoms with E-state index >= 15 is 0 Å². The summed E-state index contributed by atoms with van der Waals surface area (Å²) in [5.74, 6) is 0.240. The lowest BCUT2D eigenvalue weighted by molar-refractivity contribution is -0.119. The molecule has 0 aromatic heterocycles. The third kappa shape index (κ3) is 6.39. The molecule has 2 rings (SSSR count). The molecule has 2 aromatic rings. The van der Waals surface area contributed by atoms with E-state index < -0.39 is 22.5 Å². The maximum absolute atomic E-state index is 12.2. The molecule has 9 nitrogen and oxygen atoms in total. The molecule has 2 aromatic carbocycles. The van der Waals surface area contributed by atoms with E-state index in [1.165, 1.54) is 19.4 Å². The Bertz CT molecular complexity index is 974. The summed E-state index contributed by atoms with van der Waals surface area (Å²) >= 11 is 0. The van der Waals surface area contributed by atoms with Gasteiger partial charge in [0, 0.05) is 0 Å². The average Bonchev–Trinajstić information content (AvgIpc) is 2.68. The van der Waals surface area contributed by atoms with Crippen LogP contribution in [0.5, 0.6) is 17.2 Å². The van der Waals surface area contributed by atoms with Crippen LogP contribution in [0.4, 0.5) is 5.69 Å². The summed E-state index contributed by atoms with van der Waals surface area (Å²) in [6.07, 6.45) is 2.37. The smallest absolute Gasteiger partial charge is 0.260 e. The predicted molar refractivity (Wildman–Crippen MR) is 110 cm³/mol. The summed E-state index contributed by atoms with van der Waals surface area (Å²) in [7, 11) is -2.19. The third-order valence-electron chi connectivity index (χ3n) is 3.73. The molecule has 1 amide bonds. The maximum atomic E-state index is 12.2. The largest absolute Gasteiger partial charge is 0.504 e. The summed E-state index contributed by atoms with van der Waals surface area (Å²) in [4.78, 5) is 12.2. The van der Waals surface area contributed by atoms with Crippen LogP contribution in [0.1, 0.15) is 12.5 Å². The number of nitrogens with zero attached hydrogens (tertiary/aromatic N) is 2. The number of hydrogen-bond donors (Lipinski definition) is 2. The van der Waals surface area contributed by atoms with Crippen LogP contribution in [0.3, 0.4) is 0 Å². The highest BCUT2D eigenvalue weighted by Gasteiger charge is 2.20. The fourth-order valence-electron chi connectivity index (χ4n) is 2.38. The molecule has 0 unspecified atom stereocenters. The Morgan fingerprint density at radius 1 is 1.24 bits per heavy atom. The number of amides is 1. The van der Waals surface area contributed by atoms with E-state index in [-0.39, 0.29) is 5.75 Å². The van der Waals surface area contributed by atoms with E-state index in [1.54, 1.807) is 43.3 Å². The van der Waals surface area contributed by atoms with Crippen molar-refractivity contribution in [2.75, 3.05) is 30.8 Å². The van der Waals surface area contributed by atoms with E-state index in [0.29, 0.717) is 29.4 Å². The van der Waals surface area contributed by atoms with Gasteiger partial charge in [-0.2, -0.15) is 5.10 Å². The average molecular weight is 421 g/mol. The molecule has 0 spiro atoms. The normalized spacial score (nSPS) is 11.3. The van der Waals surface area contributed by atoms with E-state index in [1.807, 2.05) is 0 Å². The van der Waals surface area contributed by atoms with Gasteiger partial charge < -0.3 is 14.6 Å². The molecule has 0 aliphatic carbocycles. The summed E-state index contributed by atoms with van der Waals surface area (Å²) in [6.45, 7) is 1.73. The number of carbonyl (C=O) groups excluding carboxylic acids is 1. The SMILES string of the molecule is CCOc1cc(/C=N\NC(=O)CN(c2ccc(OC)cc2)S(C)(=O)=O)ccc1O. The van der Waals surface area contributed by atoms with Gasteiger partial charge in [-0.15, -0.1) is 0 Å². The van der Waals surface area contributed by atoms with Gasteiger partial charge >= 0.3 is 0 Å². The van der Waals surface area contributed by atoms with Gasteiger partial charge in [0.05, 0.1) is 31.9 Å². The first-order valence-electron chi connectivity index (χ1n) is 8.64. The number of carbonyl (C=O) groups is 1. The van der Waals surface area contributed by atoms with Crippen molar-refractivity contribution in [3.05, 3.63) is 48.0 Å². The van der Waals surface area contributed by atoms with Crippen LogP contribution < -0.4 is 19.2 Å². The molecular weight excluding hydrogens is 398 g/mol. The van der Waals surface area contributed by atoms with Crippen molar-refractivity contribution in [3.8, 4) is 17.2 Å². The number of nitrogens with one attached hydrogen (secondary N) is 1. The van der Waals surface area contributed by atoms with Gasteiger partial charge in [-0.05, 0) is 55.0 Å². The number of phenolic OH excluding ortho intramolecular Hbond substituents is 1. The summed E-state index contributed by atoms with van der Waals surface area (Å²) in [5.41, 5.74) is 3.20. The first kappa shape index (κ1) is 22.0. The van der Waals surface area contributed by atoms with E-state index in [0.717, 1.165) is 10.6 Å². The minimum absolute atomic E-state index is 0.00341. The van der Waals surface area contributed by atoms with Crippen LogP contribution >= 0.6 is 0 Å². The fraction of sp³-hybridized carbons (Fsp3) is 0.263. The Morgan fingerprint density at radius 3 is 2.52 bits per heavy atom. The van der Waals surface area contributed by atoms with Crippen molar-refractivity contribution in [2.24, 2.45) is 5.10 Å². The number of hydrogen-bond acceptors (Lipinski definition) is 7. The number of aromatic hydroxyl groups is 1. The monoisotopic (exact) mass is 421 g/mol. The van der Waals surface area contributed by atoms with Crippen LogP contribution in [0.2, 0.25) is 0 Å². The summed E-state index contributed by atoms with van der Waals surface area (Å²) in [6, 6.07) is 10.9. The van der Waals surface area contributed by atoms with Crippen LogP contribution in [-0.2, 0) is 14.8 Å². The number of methoxy groups -OCH3 is 1. The zero-order valence-electron chi connectivity index (χ0n) is 16.3.